The van der Waals surface area contributed by atoms with Gasteiger partial charge < -0.3 is 14.9 Å². The predicted octanol–water partition coefficient (Wildman–Crippen LogP) is 1.15. The molecule has 7 heteroatoms. The molecule has 0 fully saturated rings. The van der Waals surface area contributed by atoms with Crippen LogP contribution in [0.3, 0.4) is 0 Å². The summed E-state index contributed by atoms with van der Waals surface area (Å²) in [7, 11) is -1.16. The average Bonchev–Trinajstić information content (AvgIpc) is 2.49. The molecule has 2 N–H and O–H groups in total. The highest BCUT2D eigenvalue weighted by atomic mass is 35.5. The van der Waals surface area contributed by atoms with Crippen molar-refractivity contribution in [2.75, 3.05) is 0 Å². The monoisotopic (exact) mass is 257 g/mol. The molecular weight excluding hydrogens is 247 g/mol. The fourth-order valence-corrected chi connectivity index (χ4v) is 2.17. The average molecular weight is 257 g/mol. The Kier molecular flexibility index (Phi) is 2.89. The van der Waals surface area contributed by atoms with Crippen LogP contribution in [-0.4, -0.2) is 22.5 Å². The van der Waals surface area contributed by atoms with Crippen LogP contribution in [0.2, 0.25) is 0 Å². The summed E-state index contributed by atoms with van der Waals surface area (Å²) in [6, 6.07) is 2.84. The molecule has 90 valence electrons. The molecule has 1 aromatic rings. The first-order valence-corrected chi connectivity index (χ1v) is 5.33. The van der Waals surface area contributed by atoms with E-state index in [0.29, 0.717) is 5.46 Å². The molecule has 0 amide bonds. The molecule has 1 aliphatic heterocycles. The van der Waals surface area contributed by atoms with Crippen LogP contribution < -0.4 is 5.46 Å². The van der Waals surface area contributed by atoms with Crippen molar-refractivity contribution < 1.29 is 19.3 Å². The highest BCUT2D eigenvalue weighted by molar-refractivity contribution is 6.69. The van der Waals surface area contributed by atoms with Gasteiger partial charge in [-0.2, -0.15) is 0 Å². The third-order valence-corrected chi connectivity index (χ3v) is 3.04. The summed E-state index contributed by atoms with van der Waals surface area (Å²) in [6.07, 6.45) is 0. The quantitative estimate of drug-likeness (QED) is 0.343. The van der Waals surface area contributed by atoms with Crippen LogP contribution in [0, 0.1) is 5.82 Å². The van der Waals surface area contributed by atoms with E-state index in [2.05, 4.69) is 5.16 Å². The lowest BCUT2D eigenvalue weighted by Gasteiger charge is -2.20. The van der Waals surface area contributed by atoms with Crippen molar-refractivity contribution >= 4 is 29.4 Å². The molecule has 4 nitrogen and oxygen atoms in total. The van der Waals surface area contributed by atoms with Gasteiger partial charge >= 0.3 is 7.12 Å². The van der Waals surface area contributed by atoms with Crippen molar-refractivity contribution in [3.05, 3.63) is 29.1 Å². The standard InChI is InChI=1S/C10H10BClFNO3/c1-10(2)7-6(11(15)17-10)4-3-5(8(7)13)9(12)14-16/h3-4,15-16H,1-2H3/b14-9+. The molecular formula is C10H10BClFNO3. The molecule has 0 saturated heterocycles. The van der Waals surface area contributed by atoms with Crippen molar-refractivity contribution in [3.8, 4) is 0 Å². The maximum Gasteiger partial charge on any atom is 0.492 e. The number of nitrogens with zero attached hydrogens (tertiary/aromatic N) is 1. The highest BCUT2D eigenvalue weighted by Crippen LogP contribution is 2.33. The van der Waals surface area contributed by atoms with Gasteiger partial charge in [0, 0.05) is 5.56 Å². The van der Waals surface area contributed by atoms with Crippen LogP contribution >= 0.6 is 11.6 Å². The van der Waals surface area contributed by atoms with E-state index in [4.69, 9.17) is 21.5 Å². The Hall–Kier alpha value is -1.11. The molecule has 17 heavy (non-hydrogen) atoms. The normalized spacial score (nSPS) is 18.4. The summed E-state index contributed by atoms with van der Waals surface area (Å²) in [6.45, 7) is 3.28. The van der Waals surface area contributed by atoms with Gasteiger partial charge in [-0.25, -0.2) is 4.39 Å². The second-order valence-corrected chi connectivity index (χ2v) is 4.62. The third-order valence-electron chi connectivity index (χ3n) is 2.76. The third kappa shape index (κ3) is 1.82. The Labute approximate surface area is 103 Å². The van der Waals surface area contributed by atoms with E-state index in [-0.39, 0.29) is 16.3 Å². The fraction of sp³-hybridized carbons (Fsp3) is 0.300. The van der Waals surface area contributed by atoms with E-state index < -0.39 is 18.5 Å². The molecule has 1 heterocycles. The van der Waals surface area contributed by atoms with Gasteiger partial charge in [-0.15, -0.1) is 0 Å². The number of hydrogen-bond donors (Lipinski definition) is 2. The fourth-order valence-electron chi connectivity index (χ4n) is 2.02. The minimum Gasteiger partial charge on any atom is -0.423 e. The zero-order valence-electron chi connectivity index (χ0n) is 9.24. The first kappa shape index (κ1) is 12.4. The van der Waals surface area contributed by atoms with E-state index in [1.54, 1.807) is 13.8 Å². The van der Waals surface area contributed by atoms with Gasteiger partial charge in [-0.3, -0.25) is 0 Å². The van der Waals surface area contributed by atoms with Crippen LogP contribution in [0.5, 0.6) is 0 Å². The number of oxime groups is 1. The van der Waals surface area contributed by atoms with Gasteiger partial charge in [0.25, 0.3) is 0 Å². The summed E-state index contributed by atoms with van der Waals surface area (Å²) in [5.41, 5.74) is -0.400. The molecule has 0 aliphatic carbocycles. The van der Waals surface area contributed by atoms with Crippen molar-refractivity contribution in [2.45, 2.75) is 19.4 Å². The minimum atomic E-state index is -1.16. The second-order valence-electron chi connectivity index (χ2n) is 4.26. The van der Waals surface area contributed by atoms with Crippen LogP contribution in [0.1, 0.15) is 25.0 Å². The largest absolute Gasteiger partial charge is 0.492 e. The van der Waals surface area contributed by atoms with E-state index in [1.165, 1.54) is 12.1 Å². The summed E-state index contributed by atoms with van der Waals surface area (Å²) in [5, 5.41) is 20.6. The van der Waals surface area contributed by atoms with Gasteiger partial charge in [0.15, 0.2) is 5.17 Å². The zero-order chi connectivity index (χ0) is 12.8. The molecule has 0 radical (unpaired) electrons. The Morgan fingerprint density at radius 3 is 2.76 bits per heavy atom. The topological polar surface area (TPSA) is 62.0 Å². The van der Waals surface area contributed by atoms with E-state index >= 15 is 0 Å². The maximum atomic E-state index is 14.2. The van der Waals surface area contributed by atoms with Gasteiger partial charge in [-0.05, 0) is 25.4 Å². The molecule has 0 spiro atoms. The van der Waals surface area contributed by atoms with Crippen molar-refractivity contribution in [1.82, 2.24) is 0 Å². The number of rotatable bonds is 1. The van der Waals surface area contributed by atoms with E-state index in [0.717, 1.165) is 0 Å². The maximum absolute atomic E-state index is 14.2. The van der Waals surface area contributed by atoms with E-state index in [1.807, 2.05) is 0 Å². The Morgan fingerprint density at radius 2 is 2.18 bits per heavy atom. The smallest absolute Gasteiger partial charge is 0.423 e. The van der Waals surface area contributed by atoms with Crippen molar-refractivity contribution in [3.63, 3.8) is 0 Å². The van der Waals surface area contributed by atoms with Crippen molar-refractivity contribution in [1.29, 1.82) is 0 Å². The predicted molar refractivity (Wildman–Crippen MR) is 62.3 cm³/mol. The van der Waals surface area contributed by atoms with Crippen molar-refractivity contribution in [2.24, 2.45) is 5.16 Å². The van der Waals surface area contributed by atoms with Gasteiger partial charge in [0.05, 0.1) is 11.2 Å². The minimum absolute atomic E-state index is 0.0290. The van der Waals surface area contributed by atoms with E-state index in [9.17, 15) is 9.41 Å². The van der Waals surface area contributed by atoms with Crippen LogP contribution in [0.15, 0.2) is 17.3 Å². The summed E-state index contributed by atoms with van der Waals surface area (Å²) in [5.74, 6) is -0.646. The number of hydrogen-bond acceptors (Lipinski definition) is 4. The SMILES string of the molecule is CC1(C)OB(O)c2ccc(/C(Cl)=N\O)c(F)c21. The van der Waals surface area contributed by atoms with Crippen LogP contribution in [0.4, 0.5) is 4.39 Å². The van der Waals surface area contributed by atoms with Gasteiger partial charge in [0.2, 0.25) is 0 Å². The first-order chi connectivity index (χ1) is 7.88. The van der Waals surface area contributed by atoms with Gasteiger partial charge in [0.1, 0.15) is 5.82 Å². The molecule has 0 bridgehead atoms. The summed E-state index contributed by atoms with van der Waals surface area (Å²) >= 11 is 5.58. The number of benzene rings is 1. The Balaban J connectivity index is 2.68. The highest BCUT2D eigenvalue weighted by Gasteiger charge is 2.43. The number of halogens is 2. The Morgan fingerprint density at radius 1 is 1.53 bits per heavy atom. The zero-order valence-corrected chi connectivity index (χ0v) is 9.99. The summed E-state index contributed by atoms with van der Waals surface area (Å²) < 4.78 is 19.5. The number of fused-ring (bicyclic) bond motifs is 1. The molecule has 0 aromatic heterocycles. The second kappa shape index (κ2) is 3.98. The molecule has 2 rings (SSSR count). The molecule has 0 saturated carbocycles. The lowest BCUT2D eigenvalue weighted by atomic mass is 9.77. The molecule has 1 aliphatic rings. The van der Waals surface area contributed by atoms with Crippen LogP contribution in [-0.2, 0) is 10.3 Å². The molecule has 0 atom stereocenters. The van der Waals surface area contributed by atoms with Crippen LogP contribution in [0.25, 0.3) is 0 Å². The van der Waals surface area contributed by atoms with Gasteiger partial charge in [-0.1, -0.05) is 22.8 Å². The first-order valence-electron chi connectivity index (χ1n) is 4.95. The lowest BCUT2D eigenvalue weighted by Crippen LogP contribution is -2.29. The lowest BCUT2D eigenvalue weighted by molar-refractivity contribution is 0.0973. The summed E-state index contributed by atoms with van der Waals surface area (Å²) in [4.78, 5) is 0. The Bertz CT molecular complexity index is 507. The molecule has 0 unspecified atom stereocenters. The molecule has 1 aromatic carbocycles.